The van der Waals surface area contributed by atoms with Crippen molar-refractivity contribution in [1.82, 2.24) is 5.43 Å². The summed E-state index contributed by atoms with van der Waals surface area (Å²) in [5.74, 6) is -1.11. The van der Waals surface area contributed by atoms with Crippen LogP contribution in [0.25, 0.3) is 0 Å². The lowest BCUT2D eigenvalue weighted by Crippen LogP contribution is -2.29. The highest BCUT2D eigenvalue weighted by Gasteiger charge is 2.09. The zero-order valence-electron chi connectivity index (χ0n) is 12.9. The fraction of sp³-hybridized carbons (Fsp3) is 0.438. The molecule has 4 N–H and O–H groups in total. The van der Waals surface area contributed by atoms with Crippen molar-refractivity contribution in [3.8, 4) is 0 Å². The van der Waals surface area contributed by atoms with Crippen molar-refractivity contribution in [2.75, 3.05) is 0 Å². The van der Waals surface area contributed by atoms with Gasteiger partial charge in [-0.15, -0.1) is 0 Å². The Morgan fingerprint density at radius 1 is 1.30 bits per heavy atom. The van der Waals surface area contributed by atoms with Gasteiger partial charge in [0.1, 0.15) is 6.04 Å². The molecule has 0 aliphatic carbocycles. The molecule has 0 spiro atoms. The van der Waals surface area contributed by atoms with Gasteiger partial charge in [0.2, 0.25) is 5.91 Å². The van der Waals surface area contributed by atoms with E-state index in [1.165, 1.54) is 9.13 Å². The summed E-state index contributed by atoms with van der Waals surface area (Å²) in [7, 11) is 0. The van der Waals surface area contributed by atoms with Crippen LogP contribution in [0.15, 0.2) is 29.4 Å². The standard InChI is InChI=1S/C16H22IN3O3/c17-13-9-7-12(8-10-13)4-3-6-15(21)20-19-11-2-1-5-14(18)16(22)23/h7-11,14H,1-6,18H2,(H,20,21)(H,22,23)/b19-11+. The van der Waals surface area contributed by atoms with Gasteiger partial charge in [0.25, 0.3) is 0 Å². The second-order valence-corrected chi connectivity index (χ2v) is 6.45. The van der Waals surface area contributed by atoms with Crippen molar-refractivity contribution < 1.29 is 14.7 Å². The van der Waals surface area contributed by atoms with Gasteiger partial charge in [-0.05, 0) is 72.4 Å². The number of unbranched alkanes of at least 4 members (excludes halogenated alkanes) is 1. The third kappa shape index (κ3) is 9.29. The summed E-state index contributed by atoms with van der Waals surface area (Å²) in [6, 6.07) is 7.41. The number of halogens is 1. The quantitative estimate of drug-likeness (QED) is 0.229. The number of hydrazone groups is 1. The minimum Gasteiger partial charge on any atom is -0.480 e. The number of carbonyl (C=O) groups excluding carboxylic acids is 1. The SMILES string of the molecule is NC(CCC/C=N/NC(=O)CCCc1ccc(I)cc1)C(=O)O. The van der Waals surface area contributed by atoms with Crippen LogP contribution in [0.2, 0.25) is 0 Å². The predicted molar refractivity (Wildman–Crippen MR) is 98.2 cm³/mol. The minimum atomic E-state index is -0.997. The van der Waals surface area contributed by atoms with E-state index in [-0.39, 0.29) is 5.91 Å². The fourth-order valence-electron chi connectivity index (χ4n) is 1.89. The topological polar surface area (TPSA) is 105 Å². The lowest BCUT2D eigenvalue weighted by Gasteiger charge is -2.03. The molecular weight excluding hydrogens is 409 g/mol. The Morgan fingerprint density at radius 2 is 2.00 bits per heavy atom. The van der Waals surface area contributed by atoms with Gasteiger partial charge >= 0.3 is 5.97 Å². The molecule has 7 heteroatoms. The third-order valence-electron chi connectivity index (χ3n) is 3.23. The lowest BCUT2D eigenvalue weighted by atomic mass is 10.1. The Balaban J connectivity index is 2.08. The highest BCUT2D eigenvalue weighted by Crippen LogP contribution is 2.09. The van der Waals surface area contributed by atoms with Gasteiger partial charge in [-0.25, -0.2) is 5.43 Å². The number of aliphatic carboxylic acids is 1. The minimum absolute atomic E-state index is 0.117. The summed E-state index contributed by atoms with van der Waals surface area (Å²) in [6.07, 6.45) is 5.24. The van der Waals surface area contributed by atoms with E-state index in [1.807, 2.05) is 0 Å². The van der Waals surface area contributed by atoms with Gasteiger partial charge in [0.15, 0.2) is 0 Å². The molecule has 1 rings (SSSR count). The van der Waals surface area contributed by atoms with Crippen LogP contribution in [-0.2, 0) is 16.0 Å². The molecule has 0 saturated carbocycles. The monoisotopic (exact) mass is 431 g/mol. The molecule has 0 bridgehead atoms. The molecule has 0 saturated heterocycles. The number of aryl methyl sites for hydroxylation is 1. The van der Waals surface area contributed by atoms with Crippen molar-refractivity contribution in [1.29, 1.82) is 0 Å². The van der Waals surface area contributed by atoms with Crippen LogP contribution in [0, 0.1) is 3.57 Å². The summed E-state index contributed by atoms with van der Waals surface area (Å²) in [4.78, 5) is 22.1. The third-order valence-corrected chi connectivity index (χ3v) is 3.95. The Morgan fingerprint density at radius 3 is 2.65 bits per heavy atom. The molecule has 0 aliphatic heterocycles. The van der Waals surface area contributed by atoms with Crippen LogP contribution in [-0.4, -0.2) is 29.2 Å². The van der Waals surface area contributed by atoms with Crippen LogP contribution >= 0.6 is 22.6 Å². The number of hydrogen-bond donors (Lipinski definition) is 3. The zero-order chi connectivity index (χ0) is 17.1. The molecule has 0 heterocycles. The van der Waals surface area contributed by atoms with E-state index in [2.05, 4.69) is 57.4 Å². The lowest BCUT2D eigenvalue weighted by molar-refractivity contribution is -0.138. The molecule has 126 valence electrons. The molecule has 6 nitrogen and oxygen atoms in total. The summed E-state index contributed by atoms with van der Waals surface area (Å²) >= 11 is 2.26. The number of amides is 1. The van der Waals surface area contributed by atoms with Gasteiger partial charge in [0.05, 0.1) is 0 Å². The van der Waals surface area contributed by atoms with Crippen molar-refractivity contribution >= 4 is 40.7 Å². The zero-order valence-corrected chi connectivity index (χ0v) is 15.0. The van der Waals surface area contributed by atoms with E-state index in [1.54, 1.807) is 6.21 Å². The van der Waals surface area contributed by atoms with E-state index < -0.39 is 12.0 Å². The first-order valence-electron chi connectivity index (χ1n) is 7.52. The molecule has 1 amide bonds. The molecule has 23 heavy (non-hydrogen) atoms. The van der Waals surface area contributed by atoms with Gasteiger partial charge in [-0.1, -0.05) is 12.1 Å². The molecule has 0 aliphatic rings. The normalized spacial score (nSPS) is 12.3. The number of carboxylic acids is 1. The Hall–Kier alpha value is -1.48. The second kappa shape index (κ2) is 11.1. The molecule has 0 fully saturated rings. The smallest absolute Gasteiger partial charge is 0.320 e. The molecule has 0 aromatic heterocycles. The van der Waals surface area contributed by atoms with Crippen molar-refractivity contribution in [2.45, 2.75) is 44.6 Å². The average molecular weight is 431 g/mol. The van der Waals surface area contributed by atoms with Crippen LogP contribution in [0.5, 0.6) is 0 Å². The van der Waals surface area contributed by atoms with E-state index in [9.17, 15) is 9.59 Å². The molecule has 1 unspecified atom stereocenters. The summed E-state index contributed by atoms with van der Waals surface area (Å²) in [5, 5.41) is 12.5. The number of carboxylic acid groups (broad SMARTS) is 1. The van der Waals surface area contributed by atoms with Gasteiger partial charge in [-0.3, -0.25) is 9.59 Å². The number of rotatable bonds is 10. The van der Waals surface area contributed by atoms with Crippen LogP contribution < -0.4 is 11.2 Å². The van der Waals surface area contributed by atoms with Crippen LogP contribution in [0.3, 0.4) is 0 Å². The number of nitrogens with two attached hydrogens (primary N) is 1. The highest BCUT2D eigenvalue weighted by molar-refractivity contribution is 14.1. The number of nitrogens with one attached hydrogen (secondary N) is 1. The maximum atomic E-state index is 11.6. The van der Waals surface area contributed by atoms with E-state index >= 15 is 0 Å². The Bertz CT molecular complexity index is 532. The molecule has 1 atom stereocenters. The first kappa shape index (κ1) is 19.6. The first-order valence-corrected chi connectivity index (χ1v) is 8.60. The highest BCUT2D eigenvalue weighted by atomic mass is 127. The van der Waals surface area contributed by atoms with Crippen LogP contribution in [0.1, 0.15) is 37.7 Å². The Kier molecular flexibility index (Phi) is 9.46. The van der Waals surface area contributed by atoms with E-state index in [0.717, 1.165) is 12.8 Å². The first-order chi connectivity index (χ1) is 11.0. The summed E-state index contributed by atoms with van der Waals surface area (Å²) < 4.78 is 1.20. The van der Waals surface area contributed by atoms with Crippen molar-refractivity contribution in [3.05, 3.63) is 33.4 Å². The van der Waals surface area contributed by atoms with Crippen molar-refractivity contribution in [2.24, 2.45) is 10.8 Å². The predicted octanol–water partition coefficient (Wildman–Crippen LogP) is 2.30. The van der Waals surface area contributed by atoms with Crippen LogP contribution in [0.4, 0.5) is 0 Å². The second-order valence-electron chi connectivity index (χ2n) is 5.20. The maximum absolute atomic E-state index is 11.6. The number of benzene rings is 1. The maximum Gasteiger partial charge on any atom is 0.320 e. The molecule has 1 aromatic rings. The van der Waals surface area contributed by atoms with Gasteiger partial charge < -0.3 is 10.8 Å². The van der Waals surface area contributed by atoms with E-state index in [4.69, 9.17) is 10.8 Å². The molecule has 1 aromatic carbocycles. The molecule has 0 radical (unpaired) electrons. The van der Waals surface area contributed by atoms with Crippen molar-refractivity contribution in [3.63, 3.8) is 0 Å². The van der Waals surface area contributed by atoms with Gasteiger partial charge in [-0.2, -0.15) is 5.10 Å². The number of nitrogens with zero attached hydrogens (tertiary/aromatic N) is 1. The molecular formula is C16H22IN3O3. The summed E-state index contributed by atoms with van der Waals surface area (Å²) in [6.45, 7) is 0. The van der Waals surface area contributed by atoms with Gasteiger partial charge in [0, 0.05) is 16.2 Å². The number of hydrogen-bond acceptors (Lipinski definition) is 4. The fourth-order valence-corrected chi connectivity index (χ4v) is 2.25. The van der Waals surface area contributed by atoms with E-state index in [0.29, 0.717) is 25.7 Å². The summed E-state index contributed by atoms with van der Waals surface area (Å²) in [5.41, 5.74) is 9.07. The Labute approximate surface area is 149 Å². The average Bonchev–Trinajstić information content (AvgIpc) is 2.52. The number of carbonyl (C=O) groups is 2. The largest absolute Gasteiger partial charge is 0.480 e.